The molecule has 1 aliphatic heterocycles. The van der Waals surface area contributed by atoms with Crippen molar-refractivity contribution in [2.24, 2.45) is 0 Å². The van der Waals surface area contributed by atoms with Crippen LogP contribution in [-0.4, -0.2) is 77.5 Å². The molecule has 10 nitrogen and oxygen atoms in total. The molecule has 1 fully saturated rings. The maximum atomic E-state index is 11.4. The van der Waals surface area contributed by atoms with E-state index in [1.807, 2.05) is 0 Å². The predicted molar refractivity (Wildman–Crippen MR) is 90.9 cm³/mol. The number of ether oxygens (including phenoxy) is 2. The van der Waals surface area contributed by atoms with Crippen LogP contribution in [0, 0.1) is 0 Å². The minimum absolute atomic E-state index is 0.265. The lowest BCUT2D eigenvalue weighted by atomic mass is 10.3. The van der Waals surface area contributed by atoms with E-state index in [-0.39, 0.29) is 11.9 Å². The van der Waals surface area contributed by atoms with Crippen LogP contribution < -0.4 is 10.5 Å². The van der Waals surface area contributed by atoms with Gasteiger partial charge in [-0.3, -0.25) is 14.4 Å². The highest BCUT2D eigenvalue weighted by Gasteiger charge is 2.20. The molecule has 26 heavy (non-hydrogen) atoms. The summed E-state index contributed by atoms with van der Waals surface area (Å²) in [6.45, 7) is 4.51. The fourth-order valence-corrected chi connectivity index (χ4v) is 2.71. The van der Waals surface area contributed by atoms with Crippen LogP contribution in [0.1, 0.15) is 6.42 Å². The second kappa shape index (κ2) is 8.48. The Labute approximate surface area is 149 Å². The first-order valence-electron chi connectivity index (χ1n) is 8.36. The zero-order chi connectivity index (χ0) is 18.4. The number of hydrogen-bond acceptors (Lipinski definition) is 8. The molecular formula is C16H21N5O5. The monoisotopic (exact) mass is 363 g/mol. The molecule has 0 unspecified atom stereocenters. The summed E-state index contributed by atoms with van der Waals surface area (Å²) in [5.41, 5.74) is 0.506. The third kappa shape index (κ3) is 4.60. The van der Waals surface area contributed by atoms with Crippen molar-refractivity contribution in [3.05, 3.63) is 28.9 Å². The van der Waals surface area contributed by atoms with E-state index in [1.165, 1.54) is 7.11 Å². The van der Waals surface area contributed by atoms with Gasteiger partial charge in [-0.05, 0) is 18.6 Å². The Bertz CT molecular complexity index is 764. The van der Waals surface area contributed by atoms with Crippen molar-refractivity contribution in [2.45, 2.75) is 6.42 Å². The van der Waals surface area contributed by atoms with Gasteiger partial charge in [-0.15, -0.1) is 0 Å². The van der Waals surface area contributed by atoms with Gasteiger partial charge in [-0.2, -0.15) is 0 Å². The van der Waals surface area contributed by atoms with Crippen LogP contribution in [0.2, 0.25) is 0 Å². The molecule has 0 bridgehead atoms. The van der Waals surface area contributed by atoms with Crippen LogP contribution in [-0.2, 0) is 4.74 Å². The van der Waals surface area contributed by atoms with Crippen molar-refractivity contribution in [3.63, 3.8) is 0 Å². The highest BCUT2D eigenvalue weighted by atomic mass is 16.5. The van der Waals surface area contributed by atoms with Crippen LogP contribution in [0.5, 0.6) is 5.75 Å². The average molecular weight is 363 g/mol. The molecule has 0 atom stereocenters. The van der Waals surface area contributed by atoms with Gasteiger partial charge in [0.2, 0.25) is 5.82 Å². The van der Waals surface area contributed by atoms with E-state index >= 15 is 0 Å². The van der Waals surface area contributed by atoms with Gasteiger partial charge in [0, 0.05) is 32.7 Å². The van der Waals surface area contributed by atoms with Crippen LogP contribution in [0.3, 0.4) is 0 Å². The van der Waals surface area contributed by atoms with Gasteiger partial charge in [0.15, 0.2) is 0 Å². The molecule has 1 aliphatic rings. The molecule has 1 amide bonds. The van der Waals surface area contributed by atoms with Crippen molar-refractivity contribution >= 4 is 6.09 Å². The summed E-state index contributed by atoms with van der Waals surface area (Å²) < 4.78 is 14.9. The average Bonchev–Trinajstić information content (AvgIpc) is 3.12. The molecule has 2 aromatic rings. The molecule has 1 saturated heterocycles. The minimum atomic E-state index is -0.616. The van der Waals surface area contributed by atoms with Crippen LogP contribution >= 0.6 is 0 Å². The third-order valence-electron chi connectivity index (χ3n) is 4.11. The summed E-state index contributed by atoms with van der Waals surface area (Å²) in [7, 11) is 1.40. The van der Waals surface area contributed by atoms with E-state index < -0.39 is 5.76 Å². The molecule has 3 heterocycles. The van der Waals surface area contributed by atoms with E-state index in [0.29, 0.717) is 31.1 Å². The number of aromatic amines is 1. The number of H-pyrrole nitrogens is 1. The van der Waals surface area contributed by atoms with Gasteiger partial charge < -0.3 is 14.4 Å². The fraction of sp³-hybridized carbons (Fsp3) is 0.500. The lowest BCUT2D eigenvalue weighted by molar-refractivity contribution is 0.0891. The third-order valence-corrected chi connectivity index (χ3v) is 4.11. The Morgan fingerprint density at radius 1 is 1.31 bits per heavy atom. The number of rotatable bonds is 6. The standard InChI is InChI=1S/C16H21N5O5/c1-24-16(23)21-8-6-20(7-9-21)5-2-10-25-12-3-4-13(17-11-12)14-18-15(22)26-19-14/h3-4,11H,2,5-10H2,1H3,(H,18,19,22). The SMILES string of the molecule is COC(=O)N1CCN(CCCOc2ccc(-c3noc(=O)[nH]3)nc2)CC1. The Morgan fingerprint density at radius 2 is 2.12 bits per heavy atom. The van der Waals surface area contributed by atoms with Gasteiger partial charge in [-0.25, -0.2) is 14.6 Å². The molecule has 0 aliphatic carbocycles. The quantitative estimate of drug-likeness (QED) is 0.741. The number of carbonyl (C=O) groups is 1. The maximum Gasteiger partial charge on any atom is 0.439 e. The van der Waals surface area contributed by atoms with Gasteiger partial charge in [0.1, 0.15) is 11.4 Å². The van der Waals surface area contributed by atoms with Gasteiger partial charge >= 0.3 is 11.8 Å². The Balaban J connectivity index is 1.36. The Hall–Kier alpha value is -2.88. The first-order chi connectivity index (χ1) is 12.7. The van der Waals surface area contributed by atoms with Crippen molar-refractivity contribution < 1.29 is 18.8 Å². The van der Waals surface area contributed by atoms with Crippen molar-refractivity contribution in [2.75, 3.05) is 46.4 Å². The van der Waals surface area contributed by atoms with Crippen molar-refractivity contribution in [3.8, 4) is 17.3 Å². The number of pyridine rings is 1. The number of carbonyl (C=O) groups excluding carboxylic acids is 1. The second-order valence-corrected chi connectivity index (χ2v) is 5.82. The first kappa shape index (κ1) is 17.9. The molecule has 10 heteroatoms. The smallest absolute Gasteiger partial charge is 0.439 e. The largest absolute Gasteiger partial charge is 0.492 e. The number of nitrogens with one attached hydrogen (secondary N) is 1. The van der Waals surface area contributed by atoms with Gasteiger partial charge in [0.05, 0.1) is 19.9 Å². The molecule has 0 aromatic carbocycles. The minimum Gasteiger partial charge on any atom is -0.492 e. The summed E-state index contributed by atoms with van der Waals surface area (Å²) in [5.74, 6) is 0.317. The highest BCUT2D eigenvalue weighted by molar-refractivity contribution is 5.67. The van der Waals surface area contributed by atoms with Crippen molar-refractivity contribution in [1.82, 2.24) is 24.9 Å². The zero-order valence-electron chi connectivity index (χ0n) is 14.5. The normalized spacial score (nSPS) is 15.0. The molecule has 3 rings (SSSR count). The highest BCUT2D eigenvalue weighted by Crippen LogP contribution is 2.15. The maximum absolute atomic E-state index is 11.4. The van der Waals surface area contributed by atoms with Gasteiger partial charge in [-0.1, -0.05) is 5.16 Å². The van der Waals surface area contributed by atoms with Crippen LogP contribution in [0.4, 0.5) is 4.79 Å². The summed E-state index contributed by atoms with van der Waals surface area (Å²) in [4.78, 5) is 33.0. The predicted octanol–water partition coefficient (Wildman–Crippen LogP) is 0.578. The summed E-state index contributed by atoms with van der Waals surface area (Å²) in [6.07, 6.45) is 2.19. The molecule has 0 saturated carbocycles. The number of piperazine rings is 1. The topological polar surface area (TPSA) is 114 Å². The number of aromatic nitrogens is 3. The number of methoxy groups -OCH3 is 1. The molecular weight excluding hydrogens is 342 g/mol. The summed E-state index contributed by atoms with van der Waals surface area (Å²) >= 11 is 0. The summed E-state index contributed by atoms with van der Waals surface area (Å²) in [5, 5.41) is 3.58. The molecule has 0 radical (unpaired) electrons. The Morgan fingerprint density at radius 3 is 2.73 bits per heavy atom. The van der Waals surface area contributed by atoms with E-state index in [2.05, 4.69) is 24.5 Å². The first-order valence-corrected chi connectivity index (χ1v) is 8.36. The fourth-order valence-electron chi connectivity index (χ4n) is 2.71. The molecule has 140 valence electrons. The van der Waals surface area contributed by atoms with Crippen LogP contribution in [0.25, 0.3) is 11.5 Å². The van der Waals surface area contributed by atoms with E-state index in [4.69, 9.17) is 9.47 Å². The lowest BCUT2D eigenvalue weighted by Gasteiger charge is -2.33. The van der Waals surface area contributed by atoms with E-state index in [9.17, 15) is 9.59 Å². The number of nitrogens with zero attached hydrogens (tertiary/aromatic N) is 4. The van der Waals surface area contributed by atoms with E-state index in [0.717, 1.165) is 26.1 Å². The van der Waals surface area contributed by atoms with Crippen molar-refractivity contribution in [1.29, 1.82) is 0 Å². The molecule has 0 spiro atoms. The molecule has 2 aromatic heterocycles. The Kier molecular flexibility index (Phi) is 5.84. The zero-order valence-corrected chi connectivity index (χ0v) is 14.5. The molecule has 1 N–H and O–H groups in total. The summed E-state index contributed by atoms with van der Waals surface area (Å²) in [6, 6.07) is 3.47. The van der Waals surface area contributed by atoms with Crippen LogP contribution in [0.15, 0.2) is 27.6 Å². The lowest BCUT2D eigenvalue weighted by Crippen LogP contribution is -2.48. The number of hydrogen-bond donors (Lipinski definition) is 1. The van der Waals surface area contributed by atoms with Gasteiger partial charge in [0.25, 0.3) is 0 Å². The van der Waals surface area contributed by atoms with E-state index in [1.54, 1.807) is 23.2 Å². The second-order valence-electron chi connectivity index (χ2n) is 5.82. The number of amides is 1.